The molecule has 4 aromatic carbocycles. The maximum atomic E-state index is 18.1. The van der Waals surface area contributed by atoms with E-state index in [1.54, 1.807) is 0 Å². The fraction of sp³-hybridized carbons (Fsp3) is 0.600. The third-order valence-electron chi connectivity index (χ3n) is 13.7. The third-order valence-corrected chi connectivity index (χ3v) is 23.6. The molecule has 0 atom stereocenters. The number of rotatable bonds is 38. The summed E-state index contributed by atoms with van der Waals surface area (Å²) in [5, 5.41) is 0. The van der Waals surface area contributed by atoms with Crippen LogP contribution in [-0.4, -0.2) is 0 Å². The van der Waals surface area contributed by atoms with E-state index >= 15 is 2.81 Å². The number of aryl methyl sites for hydroxylation is 4. The second-order valence-electron chi connectivity index (χ2n) is 19.2. The summed E-state index contributed by atoms with van der Waals surface area (Å²) < 4.78 is 35.1. The first kappa shape index (κ1) is 53.8. The molecule has 64 heavy (non-hydrogen) atoms. The van der Waals surface area contributed by atoms with Gasteiger partial charge >= 0.3 is 399 Å². The summed E-state index contributed by atoms with van der Waals surface area (Å²) in [6.45, 7) is 9.14. The molecule has 0 aliphatic heterocycles. The molecule has 0 fully saturated rings. The molecule has 0 unspecified atom stereocenters. The molecular weight excluding hydrogens is 860 g/mol. The van der Waals surface area contributed by atoms with E-state index in [0.717, 1.165) is 91.7 Å². The Bertz CT molecular complexity index is 1740. The first-order valence-electron chi connectivity index (χ1n) is 27.1. The van der Waals surface area contributed by atoms with Crippen LogP contribution in [0.15, 0.2) is 97.1 Å². The van der Waals surface area contributed by atoms with Crippen molar-refractivity contribution in [2.75, 3.05) is 0 Å². The third kappa shape index (κ3) is 18.1. The molecule has 0 spiro atoms. The zero-order valence-corrected chi connectivity index (χ0v) is 44.0. The van der Waals surface area contributed by atoms with Gasteiger partial charge in [0.1, 0.15) is 0 Å². The van der Waals surface area contributed by atoms with Gasteiger partial charge in [0.2, 0.25) is 0 Å². The molecule has 4 aromatic rings. The van der Waals surface area contributed by atoms with Gasteiger partial charge in [0, 0.05) is 0 Å². The molecule has 0 saturated carbocycles. The summed E-state index contributed by atoms with van der Waals surface area (Å²) >= 11 is -6.69. The first-order chi connectivity index (χ1) is 31.5. The molecule has 3 nitrogen and oxygen atoms in total. The first-order valence-corrected chi connectivity index (χ1v) is 32.5. The van der Waals surface area contributed by atoms with Gasteiger partial charge in [-0.1, -0.05) is 0 Å². The van der Waals surface area contributed by atoms with Crippen molar-refractivity contribution < 1.29 is 28.1 Å². The van der Waals surface area contributed by atoms with Crippen molar-refractivity contribution >= 4 is 6.54 Å². The van der Waals surface area contributed by atoms with E-state index in [-0.39, 0.29) is 0 Å². The number of hydrogen-bond acceptors (Lipinski definition) is 3. The van der Waals surface area contributed by atoms with Gasteiger partial charge in [0.05, 0.1) is 0 Å². The summed E-state index contributed by atoms with van der Waals surface area (Å²) in [6.07, 6.45) is 38.2. The Morgan fingerprint density at radius 3 is 0.844 bits per heavy atom. The standard InChI is InChI=1S/2C15H24O.2C15H23.O.Zr/c2*1-2-3-4-5-6-7-8-11-14-12-9-10-13-15(14)16;2*1-2-3-4-5-6-7-9-12-15-13-10-8-11-14-15;;/h2*9-10,12-13,16H,2-8,11H2,1H3;2*8,10-11,13H,2-7,9,12H2,1H3;;/q;;;;;+2/p-2. The van der Waals surface area contributed by atoms with E-state index in [1.807, 2.05) is 0 Å². The fourth-order valence-corrected chi connectivity index (χ4v) is 20.3. The van der Waals surface area contributed by atoms with Crippen molar-refractivity contribution in [3.05, 3.63) is 119 Å². The van der Waals surface area contributed by atoms with Crippen LogP contribution < -0.4 is 12.2 Å². The molecule has 4 heteroatoms. The van der Waals surface area contributed by atoms with Crippen molar-refractivity contribution in [2.24, 2.45) is 0 Å². The summed E-state index contributed by atoms with van der Waals surface area (Å²) in [4.78, 5) is 0. The van der Waals surface area contributed by atoms with E-state index in [2.05, 4.69) is 125 Å². The molecule has 0 heterocycles. The zero-order valence-electron chi connectivity index (χ0n) is 41.6. The van der Waals surface area contributed by atoms with Crippen LogP contribution in [0, 0.1) is 0 Å². The zero-order chi connectivity index (χ0) is 45.4. The average molecular weight is 953 g/mol. The summed E-state index contributed by atoms with van der Waals surface area (Å²) in [5.41, 5.74) is 4.47. The van der Waals surface area contributed by atoms with Gasteiger partial charge in [-0.25, -0.2) is 0 Å². The second kappa shape index (κ2) is 32.0. The van der Waals surface area contributed by atoms with Gasteiger partial charge in [-0.2, -0.15) is 0 Å². The molecule has 0 saturated heterocycles. The maximum absolute atomic E-state index is 18.1. The number of para-hydroxylation sites is 2. The molecule has 0 aliphatic carbocycles. The van der Waals surface area contributed by atoms with Crippen LogP contribution in [0.1, 0.15) is 230 Å². The minimum atomic E-state index is -6.69. The van der Waals surface area contributed by atoms with Crippen molar-refractivity contribution in [1.82, 2.24) is 0 Å². The van der Waals surface area contributed by atoms with E-state index in [1.165, 1.54) is 154 Å². The van der Waals surface area contributed by atoms with Crippen molar-refractivity contribution in [1.29, 1.82) is 0 Å². The fourth-order valence-electron chi connectivity index (χ4n) is 9.81. The molecule has 0 bridgehead atoms. The Hall–Kier alpha value is -2.84. The van der Waals surface area contributed by atoms with Crippen molar-refractivity contribution in [3.63, 3.8) is 0 Å². The van der Waals surface area contributed by atoms with Crippen molar-refractivity contribution in [2.45, 2.75) is 233 Å². The normalized spacial score (nSPS) is 11.9. The van der Waals surface area contributed by atoms with Crippen LogP contribution in [0.25, 0.3) is 0 Å². The molecule has 0 aromatic heterocycles. The van der Waals surface area contributed by atoms with Gasteiger partial charge in [-0.05, 0) is 0 Å². The number of benzene rings is 4. The van der Waals surface area contributed by atoms with E-state index < -0.39 is 19.7 Å². The number of unbranched alkanes of at least 4 members (excludes halogenated alkanes) is 24. The topological polar surface area (TPSA) is 35.5 Å². The monoisotopic (exact) mass is 951 g/mol. The average Bonchev–Trinajstić information content (AvgIpc) is 3.31. The quantitative estimate of drug-likeness (QED) is 0.0420. The molecule has 0 aliphatic rings. The van der Waals surface area contributed by atoms with E-state index in [0.29, 0.717) is 0 Å². The second-order valence-corrected chi connectivity index (χ2v) is 27.7. The number of hydrogen-bond donors (Lipinski definition) is 0. The molecular formula is C60H92O3Zr. The predicted molar refractivity (Wildman–Crippen MR) is 274 cm³/mol. The van der Waals surface area contributed by atoms with Gasteiger partial charge in [-0.15, -0.1) is 0 Å². The molecule has 354 valence electrons. The van der Waals surface area contributed by atoms with Gasteiger partial charge < -0.3 is 0 Å². The van der Waals surface area contributed by atoms with Crippen LogP contribution >= 0.6 is 0 Å². The molecule has 4 rings (SSSR count). The Kier molecular flexibility index (Phi) is 26.9. The van der Waals surface area contributed by atoms with Gasteiger partial charge in [-0.3, -0.25) is 0 Å². The summed E-state index contributed by atoms with van der Waals surface area (Å²) in [5.74, 6) is 1.44. The Morgan fingerprint density at radius 2 is 0.531 bits per heavy atom. The minimum absolute atomic E-state index is 0.718. The van der Waals surface area contributed by atoms with Gasteiger partial charge in [0.15, 0.2) is 0 Å². The molecule has 0 N–H and O–H groups in total. The van der Waals surface area contributed by atoms with Crippen LogP contribution in [0.3, 0.4) is 0 Å². The molecule has 0 radical (unpaired) electrons. The Morgan fingerprint density at radius 1 is 0.297 bits per heavy atom. The van der Waals surface area contributed by atoms with Crippen molar-refractivity contribution in [3.8, 4) is 11.5 Å². The SMILES string of the molecule is CCCCCCCCCc1ccccc1[O][Zr](=[O])([O]c1ccccc1CCCCCCCCC)([c]1ccccc1CCCCCCCCC)[c]1ccccc1CCCCCCCCC. The predicted octanol–water partition coefficient (Wildman–Crippen LogP) is 17.8. The van der Waals surface area contributed by atoms with E-state index in [4.69, 9.17) is 5.63 Å². The Balaban J connectivity index is 1.85. The summed E-state index contributed by atoms with van der Waals surface area (Å²) in [7, 11) is 0. The molecule has 0 amide bonds. The Labute approximate surface area is 396 Å². The van der Waals surface area contributed by atoms with Crippen LogP contribution in [0.4, 0.5) is 0 Å². The van der Waals surface area contributed by atoms with E-state index in [9.17, 15) is 0 Å². The van der Waals surface area contributed by atoms with Crippen LogP contribution in [0.2, 0.25) is 0 Å². The van der Waals surface area contributed by atoms with Crippen LogP contribution in [-0.2, 0) is 48.2 Å². The van der Waals surface area contributed by atoms with Crippen LogP contribution in [0.5, 0.6) is 11.5 Å². The van der Waals surface area contributed by atoms with Gasteiger partial charge in [0.25, 0.3) is 0 Å². The summed E-state index contributed by atoms with van der Waals surface area (Å²) in [6, 6.07) is 34.0.